The minimum Gasteiger partial charge on any atom is -0.338 e. The number of thiophene rings is 1. The normalized spacial score (nSPS) is 14.3. The van der Waals surface area contributed by atoms with Crippen LogP contribution in [-0.4, -0.2) is 29.8 Å². The van der Waals surface area contributed by atoms with Gasteiger partial charge in [0.25, 0.3) is 11.8 Å². The Bertz CT molecular complexity index is 985. The quantitative estimate of drug-likeness (QED) is 0.690. The Morgan fingerprint density at radius 1 is 0.963 bits per heavy atom. The molecule has 4 nitrogen and oxygen atoms in total. The lowest BCUT2D eigenvalue weighted by atomic mass is 10.1. The van der Waals surface area contributed by atoms with Crippen molar-refractivity contribution < 1.29 is 9.59 Å². The highest BCUT2D eigenvalue weighted by Gasteiger charge is 2.20. The van der Waals surface area contributed by atoms with Crippen molar-refractivity contribution in [2.24, 2.45) is 0 Å². The number of piperidine rings is 1. The molecule has 138 valence electrons. The van der Waals surface area contributed by atoms with Gasteiger partial charge in [-0.2, -0.15) is 0 Å². The number of hydrogen-bond donors (Lipinski definition) is 1. The Balaban J connectivity index is 1.52. The predicted octanol–water partition coefficient (Wildman–Crippen LogP) is 5.09. The first-order valence-corrected chi connectivity index (χ1v) is 10.1. The van der Waals surface area contributed by atoms with E-state index in [0.717, 1.165) is 52.1 Å². The van der Waals surface area contributed by atoms with Crippen LogP contribution in [0.3, 0.4) is 0 Å². The van der Waals surface area contributed by atoms with Crippen LogP contribution in [0.4, 0.5) is 5.69 Å². The molecule has 0 aliphatic carbocycles. The maximum absolute atomic E-state index is 12.7. The third kappa shape index (κ3) is 3.88. The Morgan fingerprint density at radius 3 is 2.44 bits per heavy atom. The molecule has 1 aliphatic heterocycles. The summed E-state index contributed by atoms with van der Waals surface area (Å²) in [4.78, 5) is 27.8. The van der Waals surface area contributed by atoms with Gasteiger partial charge in [-0.25, -0.2) is 0 Å². The van der Waals surface area contributed by atoms with Gasteiger partial charge in [0.1, 0.15) is 0 Å². The third-order valence-electron chi connectivity index (χ3n) is 4.94. The van der Waals surface area contributed by atoms with Crippen molar-refractivity contribution in [3.05, 3.63) is 64.5 Å². The van der Waals surface area contributed by atoms with E-state index in [1.54, 1.807) is 0 Å². The number of anilines is 1. The highest BCUT2D eigenvalue weighted by atomic mass is 32.1. The lowest BCUT2D eigenvalue weighted by Gasteiger charge is -2.26. The molecule has 1 N–H and O–H groups in total. The first-order chi connectivity index (χ1) is 13.1. The van der Waals surface area contributed by atoms with Crippen LogP contribution in [0.5, 0.6) is 0 Å². The number of rotatable bonds is 3. The Morgan fingerprint density at radius 2 is 1.70 bits per heavy atom. The molecule has 0 radical (unpaired) electrons. The van der Waals surface area contributed by atoms with Crippen molar-refractivity contribution in [2.45, 2.75) is 26.2 Å². The number of benzene rings is 2. The maximum atomic E-state index is 12.7. The number of likely N-dealkylation sites (tertiary alicyclic amines) is 1. The molecule has 4 rings (SSSR count). The summed E-state index contributed by atoms with van der Waals surface area (Å²) in [6, 6.07) is 15.2. The molecule has 5 heteroatoms. The van der Waals surface area contributed by atoms with E-state index in [2.05, 4.69) is 5.32 Å². The van der Waals surface area contributed by atoms with Gasteiger partial charge in [-0.3, -0.25) is 9.59 Å². The van der Waals surface area contributed by atoms with Gasteiger partial charge in [0.15, 0.2) is 0 Å². The van der Waals surface area contributed by atoms with Crippen LogP contribution >= 0.6 is 11.3 Å². The number of hydrogen-bond acceptors (Lipinski definition) is 3. The molecule has 1 aromatic heterocycles. The van der Waals surface area contributed by atoms with Gasteiger partial charge in [-0.05, 0) is 68.0 Å². The van der Waals surface area contributed by atoms with Crippen LogP contribution in [0.1, 0.15) is 44.9 Å². The molecule has 2 amide bonds. The highest BCUT2D eigenvalue weighted by molar-refractivity contribution is 7.20. The van der Waals surface area contributed by atoms with E-state index in [9.17, 15) is 9.59 Å². The predicted molar refractivity (Wildman–Crippen MR) is 111 cm³/mol. The maximum Gasteiger partial charge on any atom is 0.263 e. The molecule has 27 heavy (non-hydrogen) atoms. The number of aryl methyl sites for hydroxylation is 1. The smallest absolute Gasteiger partial charge is 0.263 e. The van der Waals surface area contributed by atoms with Gasteiger partial charge in [0.2, 0.25) is 0 Å². The van der Waals surface area contributed by atoms with Crippen LogP contribution in [0.2, 0.25) is 0 Å². The van der Waals surface area contributed by atoms with E-state index in [0.29, 0.717) is 5.56 Å². The molecule has 2 heterocycles. The van der Waals surface area contributed by atoms with Crippen molar-refractivity contribution >= 4 is 38.9 Å². The number of fused-ring (bicyclic) bond motifs is 1. The summed E-state index contributed by atoms with van der Waals surface area (Å²) in [6.07, 6.45) is 3.39. The van der Waals surface area contributed by atoms with Gasteiger partial charge >= 0.3 is 0 Å². The molecule has 1 aliphatic rings. The van der Waals surface area contributed by atoms with Crippen molar-refractivity contribution in [1.29, 1.82) is 0 Å². The summed E-state index contributed by atoms with van der Waals surface area (Å²) in [6.45, 7) is 3.70. The summed E-state index contributed by atoms with van der Waals surface area (Å²) in [7, 11) is 0. The van der Waals surface area contributed by atoms with Crippen LogP contribution in [-0.2, 0) is 0 Å². The molecule has 0 spiro atoms. The topological polar surface area (TPSA) is 49.4 Å². The van der Waals surface area contributed by atoms with Crippen LogP contribution in [0.25, 0.3) is 10.1 Å². The Hall–Kier alpha value is -2.66. The third-order valence-corrected chi connectivity index (χ3v) is 6.05. The first-order valence-electron chi connectivity index (χ1n) is 9.31. The number of carbonyl (C=O) groups is 2. The molecule has 1 fully saturated rings. The SMILES string of the molecule is Cc1ccc(C(=O)Nc2ccc3sc(C(=O)N4CCCCC4)cc3c2)cc1. The standard InChI is InChI=1S/C22H22N2O2S/c1-15-5-7-16(8-6-15)21(25)23-18-9-10-19-17(13-18)14-20(27-19)22(26)24-11-3-2-4-12-24/h5-10,13-14H,2-4,11-12H2,1H3,(H,23,25). The fourth-order valence-corrected chi connectivity index (χ4v) is 4.40. The Labute approximate surface area is 162 Å². The van der Waals surface area contributed by atoms with Gasteiger partial charge < -0.3 is 10.2 Å². The molecule has 0 unspecified atom stereocenters. The lowest BCUT2D eigenvalue weighted by molar-refractivity contribution is 0.0729. The van der Waals surface area contributed by atoms with Crippen molar-refractivity contribution in [3.8, 4) is 0 Å². The van der Waals surface area contributed by atoms with Crippen molar-refractivity contribution in [2.75, 3.05) is 18.4 Å². The van der Waals surface area contributed by atoms with Crippen molar-refractivity contribution in [3.63, 3.8) is 0 Å². The second-order valence-corrected chi connectivity index (χ2v) is 8.12. The van der Waals surface area contributed by atoms with E-state index in [1.165, 1.54) is 17.8 Å². The van der Waals surface area contributed by atoms with E-state index >= 15 is 0 Å². The molecule has 2 aromatic carbocycles. The molecular weight excluding hydrogens is 356 g/mol. The number of carbonyl (C=O) groups excluding carboxylic acids is 2. The average molecular weight is 378 g/mol. The van der Waals surface area contributed by atoms with E-state index in [4.69, 9.17) is 0 Å². The van der Waals surface area contributed by atoms with Crippen molar-refractivity contribution in [1.82, 2.24) is 4.90 Å². The summed E-state index contributed by atoms with van der Waals surface area (Å²) >= 11 is 1.52. The zero-order chi connectivity index (χ0) is 18.8. The summed E-state index contributed by atoms with van der Waals surface area (Å²) in [5.74, 6) is -0.00432. The second-order valence-electron chi connectivity index (χ2n) is 7.04. The summed E-state index contributed by atoms with van der Waals surface area (Å²) in [5, 5.41) is 3.93. The molecule has 0 atom stereocenters. The van der Waals surface area contributed by atoms with Crippen LogP contribution in [0, 0.1) is 6.92 Å². The summed E-state index contributed by atoms with van der Waals surface area (Å²) in [5.41, 5.74) is 2.49. The molecule has 0 saturated carbocycles. The van der Waals surface area contributed by atoms with Gasteiger partial charge in [0.05, 0.1) is 4.88 Å². The monoisotopic (exact) mass is 378 g/mol. The van der Waals surface area contributed by atoms with Gasteiger partial charge in [0, 0.05) is 29.0 Å². The minimum atomic E-state index is -0.130. The summed E-state index contributed by atoms with van der Waals surface area (Å²) < 4.78 is 1.06. The fourth-order valence-electron chi connectivity index (χ4n) is 3.39. The molecule has 3 aromatic rings. The lowest BCUT2D eigenvalue weighted by Crippen LogP contribution is -2.35. The average Bonchev–Trinajstić information content (AvgIpc) is 3.12. The Kier molecular flexibility index (Phi) is 4.94. The van der Waals surface area contributed by atoms with Crippen LogP contribution < -0.4 is 5.32 Å². The molecule has 1 saturated heterocycles. The number of amides is 2. The molecular formula is C22H22N2O2S. The highest BCUT2D eigenvalue weighted by Crippen LogP contribution is 2.29. The minimum absolute atomic E-state index is 0.126. The fraction of sp³-hybridized carbons (Fsp3) is 0.273. The largest absolute Gasteiger partial charge is 0.338 e. The van der Waals surface area contributed by atoms with Crippen LogP contribution in [0.15, 0.2) is 48.5 Å². The first kappa shape index (κ1) is 17.7. The zero-order valence-corrected chi connectivity index (χ0v) is 16.1. The van der Waals surface area contributed by atoms with E-state index in [1.807, 2.05) is 60.4 Å². The van der Waals surface area contributed by atoms with E-state index in [-0.39, 0.29) is 11.8 Å². The molecule has 0 bridgehead atoms. The van der Waals surface area contributed by atoms with Gasteiger partial charge in [-0.1, -0.05) is 17.7 Å². The number of nitrogens with one attached hydrogen (secondary N) is 1. The number of nitrogens with zero attached hydrogens (tertiary/aromatic N) is 1. The zero-order valence-electron chi connectivity index (χ0n) is 15.3. The second kappa shape index (κ2) is 7.53. The van der Waals surface area contributed by atoms with E-state index < -0.39 is 0 Å². The van der Waals surface area contributed by atoms with Gasteiger partial charge in [-0.15, -0.1) is 11.3 Å².